The highest BCUT2D eigenvalue weighted by molar-refractivity contribution is 7.10. The number of nitrogens with zero attached hydrogens (tertiary/aromatic N) is 2. The molecule has 6 nitrogen and oxygen atoms in total. The number of hydrogen-bond acceptors (Lipinski definition) is 5. The smallest absolute Gasteiger partial charge is 0.292 e. The Balaban J connectivity index is 1.50. The Morgan fingerprint density at radius 2 is 2.19 bits per heavy atom. The third-order valence-corrected chi connectivity index (χ3v) is 6.19. The zero-order valence-electron chi connectivity index (χ0n) is 14.0. The third kappa shape index (κ3) is 3.47. The predicted molar refractivity (Wildman–Crippen MR) is 102 cm³/mol. The average Bonchev–Trinajstić information content (AvgIpc) is 3.30. The summed E-state index contributed by atoms with van der Waals surface area (Å²) in [7, 11) is 0. The van der Waals surface area contributed by atoms with Crippen LogP contribution in [-0.4, -0.2) is 28.8 Å². The van der Waals surface area contributed by atoms with E-state index in [2.05, 4.69) is 21.7 Å². The second kappa shape index (κ2) is 6.98. The molecule has 1 fully saturated rings. The number of carbonyl (C=O) groups excluding carboxylic acids is 1. The molecule has 26 heavy (non-hydrogen) atoms. The molecule has 0 unspecified atom stereocenters. The number of carbonyl (C=O) groups is 1. The SMILES string of the molecule is O=C(CN1CCc2sccc2[C@H]1C1CC1)Nc1cc(Cl)ccc1[N+](=O)[O-]. The monoisotopic (exact) mass is 391 g/mol. The number of benzene rings is 1. The van der Waals surface area contributed by atoms with Gasteiger partial charge in [0.2, 0.25) is 5.91 Å². The molecule has 1 aliphatic heterocycles. The summed E-state index contributed by atoms with van der Waals surface area (Å²) in [6, 6.07) is 6.63. The lowest BCUT2D eigenvalue weighted by Gasteiger charge is -2.35. The Bertz CT molecular complexity index is 865. The second-order valence-electron chi connectivity index (χ2n) is 6.77. The molecular formula is C18H18ClN3O3S. The van der Waals surface area contributed by atoms with Crippen molar-refractivity contribution in [1.82, 2.24) is 4.90 Å². The lowest BCUT2D eigenvalue weighted by molar-refractivity contribution is -0.383. The van der Waals surface area contributed by atoms with Crippen LogP contribution in [0.2, 0.25) is 5.02 Å². The van der Waals surface area contributed by atoms with Gasteiger partial charge in [0.05, 0.1) is 11.5 Å². The van der Waals surface area contributed by atoms with Gasteiger partial charge in [0, 0.05) is 28.6 Å². The molecule has 1 N–H and O–H groups in total. The third-order valence-electron chi connectivity index (χ3n) is 4.96. The molecule has 2 heterocycles. The molecule has 1 aliphatic carbocycles. The van der Waals surface area contributed by atoms with Crippen LogP contribution < -0.4 is 5.32 Å². The van der Waals surface area contributed by atoms with Crippen LogP contribution in [0.3, 0.4) is 0 Å². The van der Waals surface area contributed by atoms with E-state index in [0.29, 0.717) is 10.9 Å². The van der Waals surface area contributed by atoms with Crippen molar-refractivity contribution in [3.8, 4) is 0 Å². The van der Waals surface area contributed by atoms with Crippen molar-refractivity contribution in [2.24, 2.45) is 5.92 Å². The average molecular weight is 392 g/mol. The summed E-state index contributed by atoms with van der Waals surface area (Å²) in [5.41, 5.74) is 1.34. The summed E-state index contributed by atoms with van der Waals surface area (Å²) in [5, 5.41) is 16.3. The predicted octanol–water partition coefficient (Wildman–Crippen LogP) is 4.26. The highest BCUT2D eigenvalue weighted by atomic mass is 35.5. The van der Waals surface area contributed by atoms with Gasteiger partial charge in [-0.25, -0.2) is 0 Å². The summed E-state index contributed by atoms with van der Waals surface area (Å²) in [6.07, 6.45) is 3.33. The molecule has 2 aromatic rings. The molecular weight excluding hydrogens is 374 g/mol. The van der Waals surface area contributed by atoms with Crippen LogP contribution in [0.5, 0.6) is 0 Å². The van der Waals surface area contributed by atoms with Gasteiger partial charge < -0.3 is 5.32 Å². The van der Waals surface area contributed by atoms with E-state index in [9.17, 15) is 14.9 Å². The molecule has 0 saturated heterocycles. The van der Waals surface area contributed by atoms with E-state index in [1.807, 2.05) is 0 Å². The van der Waals surface area contributed by atoms with Gasteiger partial charge in [0.1, 0.15) is 5.69 Å². The Kier molecular flexibility index (Phi) is 4.69. The van der Waals surface area contributed by atoms with E-state index in [1.54, 1.807) is 11.3 Å². The summed E-state index contributed by atoms with van der Waals surface area (Å²) in [6.45, 7) is 1.06. The first-order valence-electron chi connectivity index (χ1n) is 8.57. The molecule has 1 amide bonds. The van der Waals surface area contributed by atoms with Crippen LogP contribution in [0.1, 0.15) is 29.3 Å². The number of thiophene rings is 1. The number of halogens is 1. The first kappa shape index (κ1) is 17.5. The zero-order valence-corrected chi connectivity index (χ0v) is 15.6. The highest BCUT2D eigenvalue weighted by Gasteiger charge is 2.40. The minimum Gasteiger partial charge on any atom is -0.319 e. The van der Waals surface area contributed by atoms with Crippen LogP contribution in [0.25, 0.3) is 0 Å². The van der Waals surface area contributed by atoms with Crippen molar-refractivity contribution in [3.63, 3.8) is 0 Å². The molecule has 8 heteroatoms. The summed E-state index contributed by atoms with van der Waals surface area (Å²) in [5.74, 6) is 0.358. The molecule has 1 atom stereocenters. The summed E-state index contributed by atoms with van der Waals surface area (Å²) < 4.78 is 0. The summed E-state index contributed by atoms with van der Waals surface area (Å²) in [4.78, 5) is 26.9. The molecule has 0 radical (unpaired) electrons. The lowest BCUT2D eigenvalue weighted by atomic mass is 9.96. The highest BCUT2D eigenvalue weighted by Crippen LogP contribution is 2.48. The topological polar surface area (TPSA) is 75.5 Å². The zero-order chi connectivity index (χ0) is 18.3. The van der Waals surface area contributed by atoms with Crippen LogP contribution in [0, 0.1) is 16.0 Å². The van der Waals surface area contributed by atoms with Gasteiger partial charge >= 0.3 is 0 Å². The Morgan fingerprint density at radius 1 is 1.38 bits per heavy atom. The number of rotatable bonds is 5. The molecule has 1 aromatic carbocycles. The van der Waals surface area contributed by atoms with Gasteiger partial charge in [0.15, 0.2) is 0 Å². The first-order valence-corrected chi connectivity index (χ1v) is 9.83. The molecule has 2 aliphatic rings. The van der Waals surface area contributed by atoms with E-state index in [4.69, 9.17) is 11.6 Å². The van der Waals surface area contributed by atoms with Gasteiger partial charge in [-0.2, -0.15) is 0 Å². The standard InChI is InChI=1S/C18H18ClN3O3S/c19-12-3-4-15(22(24)25)14(9-12)20-17(23)10-21-7-5-16-13(6-8-26-16)18(21)11-1-2-11/h3-4,6,8-9,11,18H,1-2,5,7,10H2,(H,20,23)/t18-/m1/s1. The first-order chi connectivity index (χ1) is 12.5. The number of amides is 1. The molecule has 0 spiro atoms. The van der Waals surface area contributed by atoms with Gasteiger partial charge in [-0.3, -0.25) is 19.8 Å². The van der Waals surface area contributed by atoms with E-state index in [1.165, 1.54) is 41.5 Å². The molecule has 136 valence electrons. The van der Waals surface area contributed by atoms with Crippen molar-refractivity contribution < 1.29 is 9.72 Å². The van der Waals surface area contributed by atoms with Crippen LogP contribution in [-0.2, 0) is 11.2 Å². The fraction of sp³-hybridized carbons (Fsp3) is 0.389. The van der Waals surface area contributed by atoms with E-state index >= 15 is 0 Å². The van der Waals surface area contributed by atoms with E-state index in [-0.39, 0.29) is 29.9 Å². The maximum Gasteiger partial charge on any atom is 0.292 e. The lowest BCUT2D eigenvalue weighted by Crippen LogP contribution is -2.41. The number of hydrogen-bond donors (Lipinski definition) is 1. The van der Waals surface area contributed by atoms with Crippen LogP contribution >= 0.6 is 22.9 Å². The molecule has 1 aromatic heterocycles. The molecule has 1 saturated carbocycles. The van der Waals surface area contributed by atoms with Crippen LogP contribution in [0.15, 0.2) is 29.6 Å². The fourth-order valence-electron chi connectivity index (χ4n) is 3.68. The largest absolute Gasteiger partial charge is 0.319 e. The minimum atomic E-state index is -0.516. The Morgan fingerprint density at radius 3 is 2.92 bits per heavy atom. The van der Waals surface area contributed by atoms with Gasteiger partial charge in [-0.15, -0.1) is 11.3 Å². The van der Waals surface area contributed by atoms with E-state index < -0.39 is 4.92 Å². The van der Waals surface area contributed by atoms with Gasteiger partial charge in [0.25, 0.3) is 5.69 Å². The quantitative estimate of drug-likeness (QED) is 0.610. The number of nitro benzene ring substituents is 1. The Labute approximate surface area is 159 Å². The van der Waals surface area contributed by atoms with Crippen molar-refractivity contribution in [1.29, 1.82) is 0 Å². The van der Waals surface area contributed by atoms with Crippen molar-refractivity contribution in [3.05, 3.63) is 55.2 Å². The van der Waals surface area contributed by atoms with Crippen molar-refractivity contribution >= 4 is 40.2 Å². The number of nitro groups is 1. The summed E-state index contributed by atoms with van der Waals surface area (Å²) >= 11 is 7.72. The second-order valence-corrected chi connectivity index (χ2v) is 8.21. The van der Waals surface area contributed by atoms with Gasteiger partial charge in [-0.05, 0) is 54.3 Å². The maximum absolute atomic E-state index is 12.6. The van der Waals surface area contributed by atoms with E-state index in [0.717, 1.165) is 13.0 Å². The normalized spacial score (nSPS) is 19.8. The minimum absolute atomic E-state index is 0.142. The Hall–Kier alpha value is -1.96. The molecule has 0 bridgehead atoms. The number of fused-ring (bicyclic) bond motifs is 1. The number of anilines is 1. The maximum atomic E-state index is 12.6. The number of nitrogens with one attached hydrogen (secondary N) is 1. The molecule has 4 rings (SSSR count). The fourth-order valence-corrected chi connectivity index (χ4v) is 4.77. The van der Waals surface area contributed by atoms with Gasteiger partial charge in [-0.1, -0.05) is 11.6 Å². The van der Waals surface area contributed by atoms with Crippen molar-refractivity contribution in [2.45, 2.75) is 25.3 Å². The van der Waals surface area contributed by atoms with Crippen molar-refractivity contribution in [2.75, 3.05) is 18.4 Å². The van der Waals surface area contributed by atoms with Crippen LogP contribution in [0.4, 0.5) is 11.4 Å².